The van der Waals surface area contributed by atoms with Crippen molar-refractivity contribution >= 4 is 43.5 Å². The lowest BCUT2D eigenvalue weighted by atomic mass is 9.67. The molecule has 38 heavy (non-hydrogen) atoms. The Labute approximate surface area is 243 Å². The van der Waals surface area contributed by atoms with Crippen LogP contribution in [0, 0.1) is 11.8 Å². The van der Waals surface area contributed by atoms with E-state index in [0.29, 0.717) is 16.7 Å². The summed E-state index contributed by atoms with van der Waals surface area (Å²) in [4.78, 5) is 0. The van der Waals surface area contributed by atoms with Gasteiger partial charge in [-0.05, 0) is 104 Å². The Morgan fingerprint density at radius 1 is 0.632 bits per heavy atom. The van der Waals surface area contributed by atoms with Crippen LogP contribution in [-0.2, 0) is 0 Å². The molecule has 184 valence electrons. The number of rotatable bonds is 2. The van der Waals surface area contributed by atoms with Crippen LogP contribution in [0.15, 0.2) is 120 Å². The molecule has 1 saturated carbocycles. The number of allylic oxidation sites excluding steroid dienone is 6. The Balaban J connectivity index is 1.53. The maximum absolute atomic E-state index is 9.97. The van der Waals surface area contributed by atoms with Crippen molar-refractivity contribution in [2.45, 2.75) is 38.3 Å². The molecular formula is C38H32. The standard InChI is InChI=1S/C38H32/c1-2-11-25(12-3-1)36-23-28-21-26-13-4-5-14-27(26)22-29(28)24-37(36)35-20-10-19-34-32-16-7-6-15-30(32)31-17-8-9-18-33(31)38(34)35/h1-3,6-12,15-21,23,27,29H,4-5,13-14,22,24H2/i4D2,5D2,13D2,14D2,22D2,24D,27D,29D. The van der Waals surface area contributed by atoms with Gasteiger partial charge in [-0.15, -0.1) is 0 Å². The van der Waals surface area contributed by atoms with E-state index in [1.165, 1.54) is 6.08 Å². The molecule has 0 amide bonds. The normalized spacial score (nSPS) is 38.7. The predicted molar refractivity (Wildman–Crippen MR) is 163 cm³/mol. The summed E-state index contributed by atoms with van der Waals surface area (Å²) >= 11 is 0. The highest BCUT2D eigenvalue weighted by atomic mass is 14.4. The molecule has 0 spiro atoms. The molecule has 0 N–H and O–H groups in total. The van der Waals surface area contributed by atoms with Crippen molar-refractivity contribution < 1.29 is 17.8 Å². The van der Waals surface area contributed by atoms with Gasteiger partial charge in [0.2, 0.25) is 0 Å². The molecule has 0 radical (unpaired) electrons. The fraction of sp³-hybridized carbons (Fsp3) is 0.211. The first-order chi connectivity index (χ1) is 23.8. The molecule has 5 aromatic rings. The summed E-state index contributed by atoms with van der Waals surface area (Å²) in [5, 5.41) is 5.39. The van der Waals surface area contributed by atoms with Crippen LogP contribution in [0.1, 0.15) is 67.2 Å². The van der Waals surface area contributed by atoms with Crippen LogP contribution in [0.2, 0.25) is 0 Å². The largest absolute Gasteiger partial charge is 0.0668 e. The zero-order chi connectivity index (χ0) is 36.7. The summed E-state index contributed by atoms with van der Waals surface area (Å²) in [6, 6.07) is 30.4. The maximum Gasteiger partial charge on any atom is 0.0356 e. The summed E-state index contributed by atoms with van der Waals surface area (Å²) < 4.78 is 118. The van der Waals surface area contributed by atoms with Gasteiger partial charge in [0, 0.05) is 17.8 Å². The third kappa shape index (κ3) is 3.43. The van der Waals surface area contributed by atoms with Gasteiger partial charge >= 0.3 is 0 Å². The monoisotopic (exact) mass is 501 g/mol. The van der Waals surface area contributed by atoms with Crippen molar-refractivity contribution in [3.63, 3.8) is 0 Å². The Morgan fingerprint density at radius 2 is 1.29 bits per heavy atom. The van der Waals surface area contributed by atoms with Gasteiger partial charge in [-0.25, -0.2) is 0 Å². The van der Waals surface area contributed by atoms with E-state index in [1.807, 2.05) is 72.8 Å². The lowest BCUT2D eigenvalue weighted by Gasteiger charge is -2.38. The quantitative estimate of drug-likeness (QED) is 0.211. The van der Waals surface area contributed by atoms with Gasteiger partial charge in [-0.3, -0.25) is 0 Å². The molecule has 0 heterocycles. The van der Waals surface area contributed by atoms with E-state index in [4.69, 9.17) is 11.0 Å². The molecule has 0 bridgehead atoms. The summed E-state index contributed by atoms with van der Waals surface area (Å²) in [7, 11) is 0. The summed E-state index contributed by atoms with van der Waals surface area (Å²) in [5.74, 6) is -6.22. The molecule has 0 aromatic heterocycles. The topological polar surface area (TPSA) is 0 Å². The van der Waals surface area contributed by atoms with E-state index in [2.05, 4.69) is 0 Å². The average molecular weight is 502 g/mol. The van der Waals surface area contributed by atoms with Crippen LogP contribution in [0.3, 0.4) is 0 Å². The molecule has 0 nitrogen and oxygen atoms in total. The van der Waals surface area contributed by atoms with E-state index in [-0.39, 0.29) is 11.1 Å². The van der Waals surface area contributed by atoms with E-state index in [1.54, 1.807) is 24.3 Å². The van der Waals surface area contributed by atoms with Gasteiger partial charge in [0.15, 0.2) is 0 Å². The minimum atomic E-state index is -3.71. The first kappa shape index (κ1) is 12.8. The second-order valence-electron chi connectivity index (χ2n) is 9.73. The SMILES string of the molecule is [2H]C1C(c2cccc3c4ccccc4c4ccccc4c23)=C(c2ccccc2)C=C2C=C3C([2H])([2H])C([2H])([2H])C([2H])([2H])C([2H])([2H])C3([2H])C([2H])([2H])C21[2H]. The van der Waals surface area contributed by atoms with Gasteiger partial charge in [0.05, 0.1) is 0 Å². The van der Waals surface area contributed by atoms with Gasteiger partial charge < -0.3 is 0 Å². The molecule has 5 aromatic carbocycles. The lowest BCUT2D eigenvalue weighted by molar-refractivity contribution is 0.365. The Morgan fingerprint density at radius 3 is 2.05 bits per heavy atom. The number of hydrogen-bond acceptors (Lipinski definition) is 0. The molecule has 1 fully saturated rings. The second-order valence-corrected chi connectivity index (χ2v) is 9.73. The molecule has 3 aliphatic carbocycles. The molecule has 0 saturated heterocycles. The average Bonchev–Trinajstić information content (AvgIpc) is 3.10. The van der Waals surface area contributed by atoms with Crippen molar-refractivity contribution in [1.82, 2.24) is 0 Å². The zero-order valence-electron chi connectivity index (χ0n) is 33.5. The molecule has 8 rings (SSSR count). The van der Waals surface area contributed by atoms with Crippen LogP contribution >= 0.6 is 0 Å². The van der Waals surface area contributed by atoms with E-state index < -0.39 is 55.6 Å². The molecule has 3 unspecified atom stereocenters. The van der Waals surface area contributed by atoms with Gasteiger partial charge in [-0.2, -0.15) is 0 Å². The van der Waals surface area contributed by atoms with Crippen molar-refractivity contribution in [1.29, 1.82) is 0 Å². The molecule has 0 aliphatic heterocycles. The maximum atomic E-state index is 9.97. The van der Waals surface area contributed by atoms with Crippen molar-refractivity contribution in [3.05, 3.63) is 131 Å². The molecule has 0 heteroatoms. The minimum absolute atomic E-state index is 0.221. The van der Waals surface area contributed by atoms with Crippen LogP contribution in [0.25, 0.3) is 43.5 Å². The van der Waals surface area contributed by atoms with Crippen LogP contribution in [-0.4, -0.2) is 0 Å². The van der Waals surface area contributed by atoms with Crippen molar-refractivity contribution in [2.75, 3.05) is 0 Å². The van der Waals surface area contributed by atoms with Crippen molar-refractivity contribution in [3.8, 4) is 0 Å². The van der Waals surface area contributed by atoms with Crippen molar-refractivity contribution in [2.24, 2.45) is 11.8 Å². The van der Waals surface area contributed by atoms with E-state index >= 15 is 0 Å². The van der Waals surface area contributed by atoms with Crippen LogP contribution in [0.5, 0.6) is 0 Å². The fourth-order valence-electron chi connectivity index (χ4n) is 5.92. The number of hydrogen-bond donors (Lipinski definition) is 0. The molecule has 3 aliphatic rings. The van der Waals surface area contributed by atoms with Crippen LogP contribution in [0.4, 0.5) is 0 Å². The van der Waals surface area contributed by atoms with E-state index in [0.717, 1.165) is 38.4 Å². The summed E-state index contributed by atoms with van der Waals surface area (Å²) in [6.45, 7) is 0. The Kier molecular flexibility index (Phi) is 2.97. The fourth-order valence-corrected chi connectivity index (χ4v) is 5.92. The smallest absolute Gasteiger partial charge is 0.0356 e. The summed E-state index contributed by atoms with van der Waals surface area (Å²) in [5.41, 5.74) is 0.686. The highest BCUT2D eigenvalue weighted by molar-refractivity contribution is 6.28. The highest BCUT2D eigenvalue weighted by Gasteiger charge is 2.33. The third-order valence-corrected chi connectivity index (χ3v) is 7.61. The Bertz CT molecular complexity index is 2360. The van der Waals surface area contributed by atoms with Gasteiger partial charge in [0.25, 0.3) is 0 Å². The number of fused-ring (bicyclic) bond motifs is 8. The lowest BCUT2D eigenvalue weighted by Crippen LogP contribution is -2.23. The molecular weight excluding hydrogens is 456 g/mol. The highest BCUT2D eigenvalue weighted by Crippen LogP contribution is 2.50. The first-order valence-electron chi connectivity index (χ1n) is 19.4. The van der Waals surface area contributed by atoms with Gasteiger partial charge in [-0.1, -0.05) is 121 Å². The van der Waals surface area contributed by atoms with E-state index in [9.17, 15) is 6.85 Å². The third-order valence-electron chi connectivity index (χ3n) is 7.61. The van der Waals surface area contributed by atoms with Gasteiger partial charge in [0.1, 0.15) is 0 Å². The zero-order valence-corrected chi connectivity index (χ0v) is 20.5. The minimum Gasteiger partial charge on any atom is -0.0668 e. The molecule has 3 atom stereocenters. The predicted octanol–water partition coefficient (Wildman–Crippen LogP) is 10.5. The van der Waals surface area contributed by atoms with Crippen LogP contribution < -0.4 is 0 Å². The summed E-state index contributed by atoms with van der Waals surface area (Å²) in [6.07, 6.45) is -17.1. The second kappa shape index (κ2) is 8.84. The Hall–Kier alpha value is -3.90. The number of benzene rings is 5. The first-order valence-corrected chi connectivity index (χ1v) is 12.8.